The van der Waals surface area contributed by atoms with E-state index in [1.54, 1.807) is 4.68 Å². The van der Waals surface area contributed by atoms with E-state index in [2.05, 4.69) is 5.10 Å². The molecule has 0 aromatic carbocycles. The molecule has 0 fully saturated rings. The van der Waals surface area contributed by atoms with Crippen molar-refractivity contribution in [3.8, 4) is 0 Å². The predicted octanol–water partition coefficient (Wildman–Crippen LogP) is 0.499. The highest BCUT2D eigenvalue weighted by Gasteiger charge is 2.18. The number of nitrogens with two attached hydrogens (primary N) is 1. The predicted molar refractivity (Wildman–Crippen MR) is 51.2 cm³/mol. The Kier molecular flexibility index (Phi) is 3.06. The third-order valence-corrected chi connectivity index (χ3v) is 2.31. The molecule has 0 spiro atoms. The Morgan fingerprint density at radius 1 is 1.69 bits per heavy atom. The van der Waals surface area contributed by atoms with E-state index >= 15 is 0 Å². The highest BCUT2D eigenvalue weighted by Crippen LogP contribution is 2.16. The van der Waals surface area contributed by atoms with Crippen LogP contribution in [0.25, 0.3) is 0 Å². The van der Waals surface area contributed by atoms with Crippen LogP contribution < -0.4 is 5.73 Å². The summed E-state index contributed by atoms with van der Waals surface area (Å²) in [7, 11) is 1.85. The van der Waals surface area contributed by atoms with Crippen LogP contribution in [-0.2, 0) is 7.05 Å². The molecule has 74 valence electrons. The van der Waals surface area contributed by atoms with Gasteiger partial charge in [0, 0.05) is 18.8 Å². The van der Waals surface area contributed by atoms with E-state index in [0.29, 0.717) is 5.69 Å². The van der Waals surface area contributed by atoms with Gasteiger partial charge in [0.1, 0.15) is 6.10 Å². The molecule has 0 bridgehead atoms. The first kappa shape index (κ1) is 10.2. The fraction of sp³-hybridized carbons (Fsp3) is 0.667. The normalized spacial score (nSPS) is 15.8. The average Bonchev–Trinajstić information content (AvgIpc) is 2.44. The quantitative estimate of drug-likeness (QED) is 0.717. The van der Waals surface area contributed by atoms with Gasteiger partial charge in [0.05, 0.1) is 5.69 Å². The molecular weight excluding hydrogens is 166 g/mol. The molecule has 0 aliphatic heterocycles. The molecule has 0 saturated carbocycles. The van der Waals surface area contributed by atoms with Gasteiger partial charge in [-0.2, -0.15) is 5.10 Å². The highest BCUT2D eigenvalue weighted by atomic mass is 16.3. The second-order valence-electron chi connectivity index (χ2n) is 3.35. The summed E-state index contributed by atoms with van der Waals surface area (Å²) < 4.78 is 1.74. The Hall–Kier alpha value is -0.870. The lowest BCUT2D eigenvalue weighted by Crippen LogP contribution is -2.27. The van der Waals surface area contributed by atoms with Crippen LogP contribution in [0, 0.1) is 6.92 Å². The number of aliphatic hydroxyl groups is 1. The minimum atomic E-state index is -0.648. The topological polar surface area (TPSA) is 64.1 Å². The van der Waals surface area contributed by atoms with E-state index in [1.807, 2.05) is 27.0 Å². The molecule has 0 aliphatic rings. The van der Waals surface area contributed by atoms with Crippen LogP contribution in [0.2, 0.25) is 0 Å². The van der Waals surface area contributed by atoms with Crippen LogP contribution in [0.4, 0.5) is 0 Å². The van der Waals surface area contributed by atoms with Gasteiger partial charge in [-0.05, 0) is 19.4 Å². The lowest BCUT2D eigenvalue weighted by atomic mass is 10.1. The number of aryl methyl sites for hydroxylation is 2. The summed E-state index contributed by atoms with van der Waals surface area (Å²) in [6.07, 6.45) is 0.0986. The van der Waals surface area contributed by atoms with Gasteiger partial charge in [-0.15, -0.1) is 0 Å². The number of nitrogens with zero attached hydrogens (tertiary/aromatic N) is 2. The first-order chi connectivity index (χ1) is 6.06. The van der Waals surface area contributed by atoms with Gasteiger partial charge in [0.25, 0.3) is 0 Å². The van der Waals surface area contributed by atoms with Crippen LogP contribution >= 0.6 is 0 Å². The molecule has 0 aliphatic carbocycles. The minimum absolute atomic E-state index is 0.228. The maximum absolute atomic E-state index is 9.73. The molecule has 0 radical (unpaired) electrons. The largest absolute Gasteiger partial charge is 0.385 e. The van der Waals surface area contributed by atoms with Gasteiger partial charge in [-0.3, -0.25) is 4.68 Å². The van der Waals surface area contributed by atoms with Crippen LogP contribution in [-0.4, -0.2) is 20.9 Å². The molecule has 1 aromatic heterocycles. The molecule has 2 unspecified atom stereocenters. The zero-order valence-corrected chi connectivity index (χ0v) is 8.36. The molecule has 0 saturated heterocycles. The van der Waals surface area contributed by atoms with Gasteiger partial charge in [-0.25, -0.2) is 0 Å². The summed E-state index contributed by atoms with van der Waals surface area (Å²) in [6, 6.07) is 1.63. The van der Waals surface area contributed by atoms with Crippen molar-refractivity contribution in [1.29, 1.82) is 0 Å². The summed E-state index contributed by atoms with van der Waals surface area (Å²) in [6.45, 7) is 3.89. The molecule has 0 amide bonds. The lowest BCUT2D eigenvalue weighted by molar-refractivity contribution is 0.139. The third-order valence-electron chi connectivity index (χ3n) is 2.31. The summed E-state index contributed by atoms with van der Waals surface area (Å²) in [4.78, 5) is 0. The molecule has 1 heterocycles. The average molecular weight is 183 g/mol. The smallest absolute Gasteiger partial charge is 0.113 e. The van der Waals surface area contributed by atoms with Crippen molar-refractivity contribution in [2.24, 2.45) is 12.8 Å². The van der Waals surface area contributed by atoms with Crippen LogP contribution in [0.3, 0.4) is 0 Å². The van der Waals surface area contributed by atoms with Crippen LogP contribution in [0.15, 0.2) is 6.07 Å². The molecule has 4 nitrogen and oxygen atoms in total. The Morgan fingerprint density at radius 2 is 2.31 bits per heavy atom. The fourth-order valence-corrected chi connectivity index (χ4v) is 1.18. The van der Waals surface area contributed by atoms with E-state index in [4.69, 9.17) is 5.73 Å². The Labute approximate surface area is 78.4 Å². The fourth-order valence-electron chi connectivity index (χ4n) is 1.18. The Bertz CT molecular complexity index is 263. The maximum atomic E-state index is 9.73. The second kappa shape index (κ2) is 3.89. The van der Waals surface area contributed by atoms with Crippen molar-refractivity contribution in [2.75, 3.05) is 0 Å². The van der Waals surface area contributed by atoms with Gasteiger partial charge < -0.3 is 10.8 Å². The highest BCUT2D eigenvalue weighted by molar-refractivity contribution is 5.12. The molecular formula is C9H17N3O. The molecule has 4 heteroatoms. The van der Waals surface area contributed by atoms with Gasteiger partial charge in [-0.1, -0.05) is 6.92 Å². The first-order valence-corrected chi connectivity index (χ1v) is 4.50. The molecule has 1 aromatic rings. The van der Waals surface area contributed by atoms with Crippen LogP contribution in [0.5, 0.6) is 0 Å². The van der Waals surface area contributed by atoms with E-state index in [0.717, 1.165) is 12.1 Å². The van der Waals surface area contributed by atoms with Crippen molar-refractivity contribution in [1.82, 2.24) is 9.78 Å². The monoisotopic (exact) mass is 183 g/mol. The third kappa shape index (κ3) is 2.08. The van der Waals surface area contributed by atoms with Crippen molar-refractivity contribution in [2.45, 2.75) is 32.4 Å². The summed E-state index contributed by atoms with van der Waals surface area (Å²) in [5, 5.41) is 13.9. The number of aliphatic hydroxyl groups excluding tert-OH is 1. The van der Waals surface area contributed by atoms with Gasteiger partial charge >= 0.3 is 0 Å². The van der Waals surface area contributed by atoms with Crippen molar-refractivity contribution >= 4 is 0 Å². The zero-order valence-electron chi connectivity index (χ0n) is 8.36. The van der Waals surface area contributed by atoms with Gasteiger partial charge in [0.2, 0.25) is 0 Å². The molecule has 13 heavy (non-hydrogen) atoms. The maximum Gasteiger partial charge on any atom is 0.113 e. The Balaban J connectivity index is 2.82. The number of hydrogen-bond donors (Lipinski definition) is 2. The number of rotatable bonds is 3. The lowest BCUT2D eigenvalue weighted by Gasteiger charge is -2.14. The van der Waals surface area contributed by atoms with Crippen molar-refractivity contribution in [3.05, 3.63) is 17.5 Å². The summed E-state index contributed by atoms with van der Waals surface area (Å²) in [5.41, 5.74) is 7.40. The standard InChI is InChI=1S/C9H17N3O/c1-4-7(10)9(13)8-5-6(2)12(3)11-8/h5,7,9,13H,4,10H2,1-3H3. The van der Waals surface area contributed by atoms with Gasteiger partial charge in [0.15, 0.2) is 0 Å². The second-order valence-corrected chi connectivity index (χ2v) is 3.35. The molecule has 3 N–H and O–H groups in total. The molecule has 1 rings (SSSR count). The first-order valence-electron chi connectivity index (χ1n) is 4.50. The summed E-state index contributed by atoms with van der Waals surface area (Å²) >= 11 is 0. The molecule has 2 atom stereocenters. The minimum Gasteiger partial charge on any atom is -0.385 e. The van der Waals surface area contributed by atoms with E-state index in [1.165, 1.54) is 0 Å². The Morgan fingerprint density at radius 3 is 2.69 bits per heavy atom. The van der Waals surface area contributed by atoms with E-state index < -0.39 is 6.10 Å². The van der Waals surface area contributed by atoms with Crippen molar-refractivity contribution < 1.29 is 5.11 Å². The zero-order chi connectivity index (χ0) is 10.0. The van der Waals surface area contributed by atoms with E-state index in [9.17, 15) is 5.11 Å². The number of hydrogen-bond acceptors (Lipinski definition) is 3. The summed E-state index contributed by atoms with van der Waals surface area (Å²) in [5.74, 6) is 0. The SMILES string of the molecule is CCC(N)C(O)c1cc(C)n(C)n1. The van der Waals surface area contributed by atoms with Crippen LogP contribution in [0.1, 0.15) is 30.8 Å². The number of aromatic nitrogens is 2. The van der Waals surface area contributed by atoms with E-state index in [-0.39, 0.29) is 6.04 Å². The van der Waals surface area contributed by atoms with Crippen molar-refractivity contribution in [3.63, 3.8) is 0 Å².